The molecule has 3 nitrogen and oxygen atoms in total. The molecule has 5 rings (SSSR count). The summed E-state index contributed by atoms with van der Waals surface area (Å²) in [6.45, 7) is 0. The quantitative estimate of drug-likeness (QED) is 0.360. The van der Waals surface area contributed by atoms with E-state index >= 15 is 0 Å². The lowest BCUT2D eigenvalue weighted by atomic mass is 9.46. The fourth-order valence-electron chi connectivity index (χ4n) is 4.98. The van der Waals surface area contributed by atoms with E-state index in [0.29, 0.717) is 12.0 Å². The molecule has 142 valence electrons. The van der Waals surface area contributed by atoms with E-state index in [1.165, 1.54) is 0 Å². The van der Waals surface area contributed by atoms with Gasteiger partial charge < -0.3 is 0 Å². The van der Waals surface area contributed by atoms with Gasteiger partial charge in [-0.1, -0.05) is 103 Å². The molecule has 2 aliphatic rings. The van der Waals surface area contributed by atoms with E-state index in [9.17, 15) is 14.4 Å². The van der Waals surface area contributed by atoms with Gasteiger partial charge >= 0.3 is 0 Å². The fraction of sp³-hybridized carbons (Fsp3) is 0.160. The van der Waals surface area contributed by atoms with E-state index in [-0.39, 0.29) is 11.7 Å². The average Bonchev–Trinajstić information content (AvgIpc) is 2.94. The summed E-state index contributed by atoms with van der Waals surface area (Å²) >= 11 is 1.04. The molecule has 0 unspecified atom stereocenters. The first-order valence-corrected chi connectivity index (χ1v) is 10.4. The van der Waals surface area contributed by atoms with Crippen LogP contribution in [0.2, 0.25) is 0 Å². The standard InChI is InChI=1S/C25H18O3S/c26-21(18-12-6-2-7-13-18)24-16-20(17-10-4-1-5-11-17)25(24,29-23(28)22(24)27)19-14-8-3-9-15-19/h1-15,20H,16H2/t20-,24-,25+/m0/s1. The third-order valence-electron chi connectivity index (χ3n) is 6.29. The maximum atomic E-state index is 13.8. The van der Waals surface area contributed by atoms with Crippen molar-refractivity contribution in [2.45, 2.75) is 17.1 Å². The molecular formula is C25H18O3S. The first-order valence-electron chi connectivity index (χ1n) is 9.59. The molecule has 2 fully saturated rings. The molecule has 3 aromatic carbocycles. The van der Waals surface area contributed by atoms with Gasteiger partial charge in [-0.05, 0) is 17.5 Å². The number of carbonyl (C=O) groups excluding carboxylic acids is 3. The van der Waals surface area contributed by atoms with E-state index in [1.807, 2.05) is 66.7 Å². The lowest BCUT2D eigenvalue weighted by molar-refractivity contribution is -0.140. The number of ketones is 2. The second-order valence-corrected chi connectivity index (χ2v) is 8.81. The van der Waals surface area contributed by atoms with Crippen molar-refractivity contribution < 1.29 is 14.4 Å². The molecular weight excluding hydrogens is 380 g/mol. The van der Waals surface area contributed by atoms with Gasteiger partial charge in [0.25, 0.3) is 5.12 Å². The van der Waals surface area contributed by atoms with Crippen LogP contribution in [0.5, 0.6) is 0 Å². The normalized spacial score (nSPS) is 27.9. The lowest BCUT2D eigenvalue weighted by Gasteiger charge is -2.58. The van der Waals surface area contributed by atoms with Crippen LogP contribution in [0, 0.1) is 5.41 Å². The third-order valence-corrected chi connectivity index (χ3v) is 7.85. The van der Waals surface area contributed by atoms with E-state index in [4.69, 9.17) is 0 Å². The first kappa shape index (κ1) is 18.1. The molecule has 0 spiro atoms. The van der Waals surface area contributed by atoms with Crippen LogP contribution in [0.3, 0.4) is 0 Å². The maximum Gasteiger partial charge on any atom is 0.257 e. The maximum absolute atomic E-state index is 13.8. The Hall–Kier alpha value is -2.98. The highest BCUT2D eigenvalue weighted by molar-refractivity contribution is 8.17. The van der Waals surface area contributed by atoms with Gasteiger partial charge in [-0.2, -0.15) is 0 Å². The summed E-state index contributed by atoms with van der Waals surface area (Å²) in [5.74, 6) is -0.913. The van der Waals surface area contributed by atoms with Crippen LogP contribution in [0.1, 0.15) is 33.8 Å². The lowest BCUT2D eigenvalue weighted by Crippen LogP contribution is -2.62. The second-order valence-electron chi connectivity index (χ2n) is 7.59. The number of Topliss-reactive ketones (excluding diaryl/α,β-unsaturated/α-hetero) is 2. The molecule has 0 radical (unpaired) electrons. The van der Waals surface area contributed by atoms with Crippen LogP contribution in [0.4, 0.5) is 0 Å². The van der Waals surface area contributed by atoms with E-state index in [0.717, 1.165) is 22.9 Å². The molecule has 1 heterocycles. The number of rotatable bonds is 4. The Bertz CT molecular complexity index is 1110. The van der Waals surface area contributed by atoms with Gasteiger partial charge in [-0.15, -0.1) is 0 Å². The van der Waals surface area contributed by atoms with Gasteiger partial charge in [0.15, 0.2) is 5.78 Å². The van der Waals surface area contributed by atoms with E-state index in [1.54, 1.807) is 24.3 Å². The molecule has 0 N–H and O–H groups in total. The molecule has 1 aliphatic heterocycles. The number of hydrogen-bond donors (Lipinski definition) is 0. The Morgan fingerprint density at radius 1 is 0.793 bits per heavy atom. The van der Waals surface area contributed by atoms with Crippen molar-refractivity contribution in [3.05, 3.63) is 108 Å². The monoisotopic (exact) mass is 398 g/mol. The summed E-state index contributed by atoms with van der Waals surface area (Å²) in [5.41, 5.74) is 1.01. The van der Waals surface area contributed by atoms with Crippen LogP contribution >= 0.6 is 11.8 Å². The summed E-state index contributed by atoms with van der Waals surface area (Å²) in [6.07, 6.45) is 0.344. The summed E-state index contributed by atoms with van der Waals surface area (Å²) in [7, 11) is 0. The summed E-state index contributed by atoms with van der Waals surface area (Å²) in [6, 6.07) is 28.3. The van der Waals surface area contributed by atoms with Crippen molar-refractivity contribution in [2.75, 3.05) is 0 Å². The molecule has 1 aliphatic carbocycles. The highest BCUT2D eigenvalue weighted by atomic mass is 32.2. The SMILES string of the molecule is O=C1S[C@]2(c3ccccc3)[C@H](c3ccccc3)C[C@]2(C(=O)c2ccccc2)C1=O. The molecule has 0 bridgehead atoms. The Morgan fingerprint density at radius 3 is 1.97 bits per heavy atom. The minimum Gasteiger partial charge on any atom is -0.293 e. The Kier molecular flexibility index (Phi) is 4.07. The highest BCUT2D eigenvalue weighted by Gasteiger charge is 2.79. The number of carbonyl (C=O) groups is 3. The molecule has 1 saturated heterocycles. The van der Waals surface area contributed by atoms with E-state index in [2.05, 4.69) is 0 Å². The fourth-order valence-corrected chi connectivity index (χ4v) is 6.60. The summed E-state index contributed by atoms with van der Waals surface area (Å²) < 4.78 is -0.920. The zero-order valence-corrected chi connectivity index (χ0v) is 16.4. The predicted octanol–water partition coefficient (Wildman–Crippen LogP) is 4.78. The minimum atomic E-state index is -1.36. The number of thioether (sulfide) groups is 1. The van der Waals surface area contributed by atoms with Crippen molar-refractivity contribution in [2.24, 2.45) is 5.41 Å². The molecule has 3 aromatic rings. The van der Waals surface area contributed by atoms with Gasteiger partial charge in [0, 0.05) is 11.5 Å². The number of hydrogen-bond acceptors (Lipinski definition) is 4. The van der Waals surface area contributed by atoms with Gasteiger partial charge in [0.2, 0.25) is 5.78 Å². The van der Waals surface area contributed by atoms with Gasteiger partial charge in [-0.3, -0.25) is 14.4 Å². The van der Waals surface area contributed by atoms with Crippen molar-refractivity contribution >= 4 is 28.4 Å². The smallest absolute Gasteiger partial charge is 0.257 e. The van der Waals surface area contributed by atoms with Gasteiger partial charge in [-0.25, -0.2) is 0 Å². The summed E-state index contributed by atoms with van der Waals surface area (Å²) in [4.78, 5) is 39.8. The van der Waals surface area contributed by atoms with Crippen molar-refractivity contribution in [3.8, 4) is 0 Å². The second kappa shape index (κ2) is 6.53. The molecule has 4 heteroatoms. The van der Waals surface area contributed by atoms with Crippen LogP contribution in [-0.4, -0.2) is 16.7 Å². The Balaban J connectivity index is 1.75. The van der Waals surface area contributed by atoms with Crippen LogP contribution < -0.4 is 0 Å². The highest BCUT2D eigenvalue weighted by Crippen LogP contribution is 2.75. The summed E-state index contributed by atoms with van der Waals surface area (Å²) in [5, 5.41) is -0.517. The molecule has 1 saturated carbocycles. The van der Waals surface area contributed by atoms with Crippen LogP contribution in [-0.2, 0) is 14.3 Å². The topological polar surface area (TPSA) is 51.2 Å². The largest absolute Gasteiger partial charge is 0.293 e. The van der Waals surface area contributed by atoms with Gasteiger partial charge in [0.1, 0.15) is 5.41 Å². The Labute approximate surface area is 173 Å². The molecule has 0 aromatic heterocycles. The number of benzene rings is 3. The average molecular weight is 398 g/mol. The Morgan fingerprint density at radius 2 is 1.34 bits per heavy atom. The van der Waals surface area contributed by atoms with Crippen molar-refractivity contribution in [1.82, 2.24) is 0 Å². The minimum absolute atomic E-state index is 0.0980. The zero-order chi connectivity index (χ0) is 20.1. The van der Waals surface area contributed by atoms with Crippen LogP contribution in [0.15, 0.2) is 91.0 Å². The molecule has 3 atom stereocenters. The van der Waals surface area contributed by atoms with Crippen molar-refractivity contribution in [3.63, 3.8) is 0 Å². The molecule has 29 heavy (non-hydrogen) atoms. The van der Waals surface area contributed by atoms with Gasteiger partial charge in [0.05, 0.1) is 4.75 Å². The third kappa shape index (κ3) is 2.29. The van der Waals surface area contributed by atoms with E-state index < -0.39 is 21.1 Å². The predicted molar refractivity (Wildman–Crippen MR) is 113 cm³/mol. The van der Waals surface area contributed by atoms with Crippen LogP contribution in [0.25, 0.3) is 0 Å². The van der Waals surface area contributed by atoms with Crippen molar-refractivity contribution in [1.29, 1.82) is 0 Å². The zero-order valence-electron chi connectivity index (χ0n) is 15.6. The molecule has 0 amide bonds. The first-order chi connectivity index (χ1) is 14.1. The number of fused-ring (bicyclic) bond motifs is 1.